The van der Waals surface area contributed by atoms with Crippen LogP contribution in [0.2, 0.25) is 5.02 Å². The molecule has 1 aliphatic heterocycles. The lowest BCUT2D eigenvalue weighted by Gasteiger charge is -2.26. The molecule has 2 N–H and O–H groups in total. The molecule has 0 aliphatic carbocycles. The lowest BCUT2D eigenvalue weighted by atomic mass is 10.2. The molecule has 1 heterocycles. The number of anilines is 1. The van der Waals surface area contributed by atoms with E-state index in [1.807, 2.05) is 0 Å². The van der Waals surface area contributed by atoms with Crippen LogP contribution in [0.25, 0.3) is 0 Å². The van der Waals surface area contributed by atoms with Crippen LogP contribution >= 0.6 is 11.6 Å². The molecule has 0 bridgehead atoms. The summed E-state index contributed by atoms with van der Waals surface area (Å²) in [6.45, 7) is 2.93. The zero-order valence-electron chi connectivity index (χ0n) is 10.3. The predicted octanol–water partition coefficient (Wildman–Crippen LogP) is 2.41. The van der Waals surface area contributed by atoms with Crippen molar-refractivity contribution >= 4 is 27.3 Å². The van der Waals surface area contributed by atoms with Gasteiger partial charge in [-0.15, -0.1) is 0 Å². The van der Waals surface area contributed by atoms with Gasteiger partial charge >= 0.3 is 0 Å². The molecular formula is C12H17ClN2O2S. The number of nitrogens with two attached hydrogens (primary N) is 1. The van der Waals surface area contributed by atoms with Crippen LogP contribution in [0.3, 0.4) is 0 Å². The summed E-state index contributed by atoms with van der Waals surface area (Å²) >= 11 is 5.95. The molecule has 100 valence electrons. The van der Waals surface area contributed by atoms with Crippen molar-refractivity contribution in [2.24, 2.45) is 0 Å². The Balaban J connectivity index is 2.41. The van der Waals surface area contributed by atoms with Crippen LogP contribution in [0.1, 0.15) is 24.8 Å². The molecule has 0 radical (unpaired) electrons. The van der Waals surface area contributed by atoms with Gasteiger partial charge in [-0.05, 0) is 37.5 Å². The maximum atomic E-state index is 12.4. The second kappa shape index (κ2) is 5.07. The molecule has 1 aromatic carbocycles. The Morgan fingerprint density at radius 2 is 1.83 bits per heavy atom. The molecule has 0 saturated carbocycles. The van der Waals surface area contributed by atoms with Gasteiger partial charge in [0.05, 0.1) is 15.6 Å². The Bertz CT molecular complexity index is 528. The van der Waals surface area contributed by atoms with E-state index in [1.165, 1.54) is 10.4 Å². The van der Waals surface area contributed by atoms with Gasteiger partial charge in [0.15, 0.2) is 0 Å². The van der Waals surface area contributed by atoms with Crippen molar-refractivity contribution in [3.63, 3.8) is 0 Å². The summed E-state index contributed by atoms with van der Waals surface area (Å²) in [5.74, 6) is 0. The molecule has 1 fully saturated rings. The molecule has 4 nitrogen and oxygen atoms in total. The number of halogens is 1. The summed E-state index contributed by atoms with van der Waals surface area (Å²) in [5.41, 5.74) is 6.73. The molecule has 1 aliphatic rings. The highest BCUT2D eigenvalue weighted by molar-refractivity contribution is 7.89. The third-order valence-electron chi connectivity index (χ3n) is 3.21. The Morgan fingerprint density at radius 1 is 1.22 bits per heavy atom. The molecule has 1 saturated heterocycles. The second-order valence-electron chi connectivity index (χ2n) is 4.61. The number of sulfonamides is 1. The first-order chi connectivity index (χ1) is 8.43. The predicted molar refractivity (Wildman–Crippen MR) is 73.2 cm³/mol. The maximum Gasteiger partial charge on any atom is 0.243 e. The summed E-state index contributed by atoms with van der Waals surface area (Å²) in [6.07, 6.45) is 2.93. The van der Waals surface area contributed by atoms with Crippen LogP contribution in [0.5, 0.6) is 0 Å². The van der Waals surface area contributed by atoms with Crippen LogP contribution in [0.15, 0.2) is 17.0 Å². The molecule has 0 amide bonds. The van der Waals surface area contributed by atoms with E-state index in [4.69, 9.17) is 17.3 Å². The molecule has 0 aromatic heterocycles. The number of benzene rings is 1. The van der Waals surface area contributed by atoms with E-state index in [2.05, 4.69) is 0 Å². The highest BCUT2D eigenvalue weighted by Gasteiger charge is 2.26. The van der Waals surface area contributed by atoms with Gasteiger partial charge in [-0.25, -0.2) is 8.42 Å². The summed E-state index contributed by atoms with van der Waals surface area (Å²) < 4.78 is 26.4. The standard InChI is InChI=1S/C12H17ClN2O2S/c1-9-7-10(8-11(14)12(9)13)18(16,17)15-5-3-2-4-6-15/h7-8H,2-6,14H2,1H3. The zero-order chi connectivity index (χ0) is 13.3. The number of rotatable bonds is 2. The Kier molecular flexibility index (Phi) is 3.84. The summed E-state index contributed by atoms with van der Waals surface area (Å²) in [4.78, 5) is 0.240. The van der Waals surface area contributed by atoms with E-state index < -0.39 is 10.0 Å². The van der Waals surface area contributed by atoms with Gasteiger partial charge < -0.3 is 5.73 Å². The first-order valence-electron chi connectivity index (χ1n) is 5.98. The largest absolute Gasteiger partial charge is 0.397 e. The highest BCUT2D eigenvalue weighted by atomic mass is 35.5. The van der Waals surface area contributed by atoms with Crippen molar-refractivity contribution in [2.45, 2.75) is 31.1 Å². The fraction of sp³-hybridized carbons (Fsp3) is 0.500. The van der Waals surface area contributed by atoms with Gasteiger partial charge in [0, 0.05) is 13.1 Å². The topological polar surface area (TPSA) is 63.4 Å². The van der Waals surface area contributed by atoms with Crippen LogP contribution in [0.4, 0.5) is 5.69 Å². The van der Waals surface area contributed by atoms with Crippen molar-refractivity contribution in [1.82, 2.24) is 4.31 Å². The minimum absolute atomic E-state index is 0.240. The van der Waals surface area contributed by atoms with Crippen molar-refractivity contribution in [3.8, 4) is 0 Å². The van der Waals surface area contributed by atoms with E-state index in [1.54, 1.807) is 13.0 Å². The van der Waals surface area contributed by atoms with E-state index in [0.717, 1.165) is 19.3 Å². The van der Waals surface area contributed by atoms with Crippen LogP contribution in [0, 0.1) is 6.92 Å². The number of piperidine rings is 1. The minimum atomic E-state index is -3.43. The number of hydrogen-bond donors (Lipinski definition) is 1. The Morgan fingerprint density at radius 3 is 2.39 bits per heavy atom. The van der Waals surface area contributed by atoms with Crippen molar-refractivity contribution in [1.29, 1.82) is 0 Å². The first-order valence-corrected chi connectivity index (χ1v) is 7.80. The molecule has 0 atom stereocenters. The number of aryl methyl sites for hydroxylation is 1. The lowest BCUT2D eigenvalue weighted by molar-refractivity contribution is 0.346. The smallest absolute Gasteiger partial charge is 0.243 e. The van der Waals surface area contributed by atoms with Gasteiger partial charge in [-0.2, -0.15) is 4.31 Å². The summed E-state index contributed by atoms with van der Waals surface area (Å²) in [7, 11) is -3.43. The van der Waals surface area contributed by atoms with Crippen molar-refractivity contribution in [2.75, 3.05) is 18.8 Å². The number of hydrogen-bond acceptors (Lipinski definition) is 3. The second-order valence-corrected chi connectivity index (χ2v) is 6.92. The quantitative estimate of drug-likeness (QED) is 0.850. The Labute approximate surface area is 113 Å². The third-order valence-corrected chi connectivity index (χ3v) is 5.60. The highest BCUT2D eigenvalue weighted by Crippen LogP contribution is 2.29. The van der Waals surface area contributed by atoms with Crippen LogP contribution in [-0.2, 0) is 10.0 Å². The lowest BCUT2D eigenvalue weighted by Crippen LogP contribution is -2.35. The molecule has 0 spiro atoms. The average molecular weight is 289 g/mol. The van der Waals surface area contributed by atoms with E-state index in [9.17, 15) is 8.42 Å². The van der Waals surface area contributed by atoms with Gasteiger partial charge in [0.25, 0.3) is 0 Å². The van der Waals surface area contributed by atoms with E-state index >= 15 is 0 Å². The fourth-order valence-corrected chi connectivity index (χ4v) is 3.91. The van der Waals surface area contributed by atoms with Gasteiger partial charge in [0.1, 0.15) is 0 Å². The SMILES string of the molecule is Cc1cc(S(=O)(=O)N2CCCCC2)cc(N)c1Cl. The Hall–Kier alpha value is -0.780. The minimum Gasteiger partial charge on any atom is -0.397 e. The van der Waals surface area contributed by atoms with Crippen molar-refractivity contribution < 1.29 is 8.42 Å². The zero-order valence-corrected chi connectivity index (χ0v) is 11.9. The van der Waals surface area contributed by atoms with Crippen LogP contribution in [-0.4, -0.2) is 25.8 Å². The summed E-state index contributed by atoms with van der Waals surface area (Å²) in [6, 6.07) is 3.03. The van der Waals surface area contributed by atoms with Gasteiger partial charge in [0.2, 0.25) is 10.0 Å². The molecule has 0 unspecified atom stereocenters. The fourth-order valence-electron chi connectivity index (χ4n) is 2.17. The molecule has 1 aromatic rings. The van der Waals surface area contributed by atoms with Crippen molar-refractivity contribution in [3.05, 3.63) is 22.7 Å². The molecule has 6 heteroatoms. The normalized spacial score (nSPS) is 17.9. The third kappa shape index (κ3) is 2.48. The van der Waals surface area contributed by atoms with Crippen LogP contribution < -0.4 is 5.73 Å². The number of nitrogens with zero attached hydrogens (tertiary/aromatic N) is 1. The van der Waals surface area contributed by atoms with E-state index in [0.29, 0.717) is 29.4 Å². The molecule has 2 rings (SSSR count). The van der Waals surface area contributed by atoms with E-state index in [-0.39, 0.29) is 4.90 Å². The summed E-state index contributed by atoms with van der Waals surface area (Å²) in [5, 5.41) is 0.424. The maximum absolute atomic E-state index is 12.4. The van der Waals surface area contributed by atoms with Gasteiger partial charge in [-0.3, -0.25) is 0 Å². The monoisotopic (exact) mass is 288 g/mol. The molecule has 18 heavy (non-hydrogen) atoms. The van der Waals surface area contributed by atoms with Gasteiger partial charge in [-0.1, -0.05) is 18.0 Å². The molecular weight excluding hydrogens is 272 g/mol. The average Bonchev–Trinajstić information content (AvgIpc) is 2.36. The first kappa shape index (κ1) is 13.6. The number of nitrogen functional groups attached to an aromatic ring is 1.